The average Bonchev–Trinajstić information content (AvgIpc) is 1.41. The molecule has 0 radical (unpaired) electrons. The van der Waals surface area contributed by atoms with Gasteiger partial charge in [-0.05, 0) is 0 Å². The van der Waals surface area contributed by atoms with Gasteiger partial charge < -0.3 is 0 Å². The minimum atomic E-state index is 0. The van der Waals surface area contributed by atoms with Gasteiger partial charge in [0.1, 0.15) is 0 Å². The number of hydrogen-bond acceptors (Lipinski definition) is 0. The molecule has 0 N–H and O–H groups in total. The van der Waals surface area contributed by atoms with Gasteiger partial charge in [0.2, 0.25) is 0 Å². The Labute approximate surface area is 98.1 Å². The molecule has 0 atom stereocenters. The van der Waals surface area contributed by atoms with Crippen molar-refractivity contribution < 1.29 is 24.4 Å². The van der Waals surface area contributed by atoms with Gasteiger partial charge in [-0.25, -0.2) is 0 Å². The Morgan fingerprint density at radius 2 is 1.50 bits per heavy atom. The van der Waals surface area contributed by atoms with Gasteiger partial charge in [-0.3, -0.25) is 0 Å². The van der Waals surface area contributed by atoms with Crippen LogP contribution in [-0.2, 0) is 24.4 Å². The maximum absolute atomic E-state index is 2.23. The Hall–Kier alpha value is 2.31. The van der Waals surface area contributed by atoms with E-state index in [0.29, 0.717) is 0 Å². The molecule has 53 valence electrons. The van der Waals surface area contributed by atoms with Crippen molar-refractivity contribution in [2.75, 3.05) is 0 Å². The monoisotopic (exact) mass is 477 g/mol. The van der Waals surface area contributed by atoms with E-state index in [2.05, 4.69) is 6.92 Å². The molecule has 8 heavy (non-hydrogen) atoms. The van der Waals surface area contributed by atoms with E-state index in [-0.39, 0.29) is 50.9 Å². The van der Waals surface area contributed by atoms with Crippen molar-refractivity contribution in [1.82, 2.24) is 0 Å². The fourth-order valence-corrected chi connectivity index (χ4v) is 1.45. The van der Waals surface area contributed by atoms with Crippen LogP contribution in [0.4, 0.5) is 0 Å². The van der Waals surface area contributed by atoms with Gasteiger partial charge in [0.15, 0.2) is 0 Å². The van der Waals surface area contributed by atoms with E-state index >= 15 is 0 Å². The maximum atomic E-state index is 2.23. The Kier molecular flexibility index (Phi) is 64.0. The van der Waals surface area contributed by atoms with E-state index in [1.165, 1.54) is 41.4 Å². The van der Waals surface area contributed by atoms with E-state index in [1.807, 2.05) is 0 Å². The quantitative estimate of drug-likeness (QED) is 0.534. The molecule has 0 fully saturated rings. The minimum absolute atomic E-state index is 0. The Bertz CT molecular complexity index is 18.8. The molecule has 0 rings (SSSR count). The summed E-state index contributed by atoms with van der Waals surface area (Å²) >= 11 is 1.40. The Balaban J connectivity index is -0.0000000267. The summed E-state index contributed by atoms with van der Waals surface area (Å²) in [5.74, 6) is 0. The Morgan fingerprint density at radius 3 is 1.50 bits per heavy atom. The second kappa shape index (κ2) is 22.8. The third-order valence-electron chi connectivity index (χ3n) is 0.530. The van der Waals surface area contributed by atoms with Crippen molar-refractivity contribution in [2.45, 2.75) is 23.9 Å². The first kappa shape index (κ1) is 22.4. The molecule has 0 saturated carbocycles. The molecular weight excluding hydrogens is 466 g/mol. The first-order valence-corrected chi connectivity index (χ1v) is 4.60. The van der Waals surface area contributed by atoms with Crippen molar-refractivity contribution in [2.24, 2.45) is 0 Å². The van der Waals surface area contributed by atoms with Crippen LogP contribution in [0.1, 0.15) is 19.8 Å². The van der Waals surface area contributed by atoms with Crippen LogP contribution in [0, 0.1) is 0 Å². The number of rotatable bonds is 2. The molecule has 0 nitrogen and oxygen atoms in total. The third kappa shape index (κ3) is 23.9. The molecule has 0 aliphatic rings. The van der Waals surface area contributed by atoms with Gasteiger partial charge in [0.05, 0.1) is 0 Å². The van der Waals surface area contributed by atoms with Crippen molar-refractivity contribution in [3.05, 3.63) is 0 Å². The molecule has 0 unspecified atom stereocenters. The topological polar surface area (TPSA) is 0 Å². The molecule has 0 aromatic carbocycles. The van der Waals surface area contributed by atoms with Crippen LogP contribution in [0.25, 0.3) is 0 Å². The summed E-state index contributed by atoms with van der Waals surface area (Å²) in [6.45, 7) is 2.23. The second-order valence-corrected chi connectivity index (χ2v) is 2.90. The predicted molar refractivity (Wildman–Crippen MR) is 50.7 cm³/mol. The molecule has 0 bridgehead atoms. The first-order valence-electron chi connectivity index (χ1n) is 2.06. The fourth-order valence-electron chi connectivity index (χ4n) is 0.177. The summed E-state index contributed by atoms with van der Waals surface area (Å²) in [5, 5.41) is 0. The van der Waals surface area contributed by atoms with E-state index in [0.717, 1.165) is 0 Å². The van der Waals surface area contributed by atoms with E-state index in [4.69, 9.17) is 0 Å². The van der Waals surface area contributed by atoms with Crippen LogP contribution in [0.2, 0.25) is 4.18 Å². The van der Waals surface area contributed by atoms with Gasteiger partial charge in [-0.15, -0.1) is 50.9 Å². The van der Waals surface area contributed by atoms with Crippen LogP contribution in [0.15, 0.2) is 0 Å². The summed E-state index contributed by atoms with van der Waals surface area (Å²) < 4.78 is 1.48. The molecule has 0 aliphatic heterocycles. The van der Waals surface area contributed by atoms with Crippen LogP contribution in [0.5, 0.6) is 0 Å². The van der Waals surface area contributed by atoms with E-state index in [9.17, 15) is 0 Å². The van der Waals surface area contributed by atoms with Crippen molar-refractivity contribution in [3.8, 4) is 0 Å². The van der Waals surface area contributed by atoms with Crippen molar-refractivity contribution in [1.29, 1.82) is 0 Å². The van der Waals surface area contributed by atoms with Crippen LogP contribution >= 0.6 is 50.9 Å². The first-order chi connectivity index (χ1) is 2.41. The molecule has 0 saturated heterocycles. The van der Waals surface area contributed by atoms with E-state index < -0.39 is 0 Å². The normalized spacial score (nSPS) is 5.00. The van der Waals surface area contributed by atoms with Crippen molar-refractivity contribution in [3.63, 3.8) is 0 Å². The number of unbranched alkanes of at least 4 members (excludes halogenated alkanes) is 1. The Morgan fingerprint density at radius 1 is 1.12 bits per heavy atom. The van der Waals surface area contributed by atoms with Gasteiger partial charge in [0.25, 0.3) is 0 Å². The average molecular weight is 478 g/mol. The second-order valence-electron chi connectivity index (χ2n) is 1.10. The zero-order valence-electron chi connectivity index (χ0n) is 4.85. The summed E-state index contributed by atoms with van der Waals surface area (Å²) in [4.78, 5) is 0. The molecule has 0 aliphatic carbocycles. The SMILES string of the molecule is Br.Br.Br.CCC[CH2][Hf]. The zero-order valence-corrected chi connectivity index (χ0v) is 13.6. The predicted octanol–water partition coefficient (Wildman–Crippen LogP) is 3.49. The summed E-state index contributed by atoms with van der Waals surface area (Å²) in [6.07, 6.45) is 2.83. The molecule has 4 heteroatoms. The summed E-state index contributed by atoms with van der Waals surface area (Å²) in [5.41, 5.74) is 0. The third-order valence-corrected chi connectivity index (χ3v) is 1.80. The molecule has 0 spiro atoms. The van der Waals surface area contributed by atoms with E-state index in [1.54, 1.807) is 0 Å². The molecule has 0 amide bonds. The summed E-state index contributed by atoms with van der Waals surface area (Å²) in [6, 6.07) is 0. The molecular formula is C4H12Br3Hf. The van der Waals surface area contributed by atoms with Crippen LogP contribution in [0.3, 0.4) is 0 Å². The van der Waals surface area contributed by atoms with Gasteiger partial charge in [-0.2, -0.15) is 0 Å². The van der Waals surface area contributed by atoms with Gasteiger partial charge >= 0.3 is 48.3 Å². The summed E-state index contributed by atoms with van der Waals surface area (Å²) in [7, 11) is 0. The van der Waals surface area contributed by atoms with Gasteiger partial charge in [-0.1, -0.05) is 0 Å². The standard InChI is InChI=1S/C4H9.3BrH.Hf/c1-3-4-2;;;;/h1,3-4H2,2H3;3*1H;. The number of hydrogen-bond donors (Lipinski definition) is 0. The molecule has 0 heterocycles. The van der Waals surface area contributed by atoms with Crippen LogP contribution in [-0.4, -0.2) is 0 Å². The zero-order chi connectivity index (χ0) is 4.12. The van der Waals surface area contributed by atoms with Crippen LogP contribution < -0.4 is 0 Å². The molecule has 0 aromatic heterocycles. The number of halogens is 3. The fraction of sp³-hybridized carbons (Fsp3) is 1.00. The molecule has 0 aromatic rings. The van der Waals surface area contributed by atoms with Crippen molar-refractivity contribution >= 4 is 50.9 Å². The van der Waals surface area contributed by atoms with Gasteiger partial charge in [0, 0.05) is 0 Å².